The van der Waals surface area contributed by atoms with Gasteiger partial charge < -0.3 is 39.5 Å². The van der Waals surface area contributed by atoms with Crippen LogP contribution in [0.2, 0.25) is 0 Å². The van der Waals surface area contributed by atoms with Crippen LogP contribution in [0.25, 0.3) is 0 Å². The maximum atomic E-state index is 15.1. The van der Waals surface area contributed by atoms with E-state index in [9.17, 15) is 49.4 Å². The number of amides is 6. The van der Waals surface area contributed by atoms with Crippen LogP contribution in [0.15, 0.2) is 0 Å². The highest BCUT2D eigenvalue weighted by atomic mass is 16.6. The number of nitrogens with one attached hydrogen (secondary N) is 2. The molecule has 11 atom stereocenters. The van der Waals surface area contributed by atoms with E-state index >= 15 is 4.79 Å². The maximum absolute atomic E-state index is 15.1. The van der Waals surface area contributed by atoms with Crippen LogP contribution in [-0.4, -0.2) is 180 Å². The largest absolute Gasteiger partial charge is 0.458 e. The zero-order chi connectivity index (χ0) is 50.5. The van der Waals surface area contributed by atoms with Crippen LogP contribution in [0.4, 0.5) is 0 Å². The number of likely N-dealkylation sites (N-methyl/N-ethyl adjacent to an activating group) is 1. The molecule has 0 aromatic carbocycles. The molecule has 21 heteroatoms. The second-order valence-electron chi connectivity index (χ2n) is 20.4. The quantitative estimate of drug-likeness (QED) is 0.120. The summed E-state index contributed by atoms with van der Waals surface area (Å²) in [7, 11) is 2.57. The smallest absolute Gasteiger partial charge is 0.332 e. The molecular weight excluding hydrogens is 875 g/mol. The maximum Gasteiger partial charge on any atom is 0.332 e. The van der Waals surface area contributed by atoms with Gasteiger partial charge in [0.05, 0.1) is 11.7 Å². The molecule has 0 radical (unpaired) electrons. The number of methoxy groups -OCH3 is 1. The van der Waals surface area contributed by atoms with Crippen molar-refractivity contribution in [2.24, 2.45) is 23.7 Å². The minimum atomic E-state index is -2.72. The van der Waals surface area contributed by atoms with Gasteiger partial charge in [-0.3, -0.25) is 44.2 Å². The molecule has 0 saturated carbocycles. The van der Waals surface area contributed by atoms with Crippen LogP contribution in [0, 0.1) is 23.7 Å². The summed E-state index contributed by atoms with van der Waals surface area (Å²) in [6.07, 6.45) is 0.883. The van der Waals surface area contributed by atoms with Crippen molar-refractivity contribution >= 4 is 41.4 Å². The molecule has 4 heterocycles. The van der Waals surface area contributed by atoms with Crippen molar-refractivity contribution in [3.8, 4) is 0 Å². The highest BCUT2D eigenvalue weighted by Gasteiger charge is 2.59. The lowest BCUT2D eigenvalue weighted by molar-refractivity contribution is -0.329. The lowest BCUT2D eigenvalue weighted by Crippen LogP contribution is -2.69. The Morgan fingerprint density at radius 1 is 0.970 bits per heavy atom. The van der Waals surface area contributed by atoms with E-state index in [1.165, 1.54) is 32.9 Å². The highest BCUT2D eigenvalue weighted by molar-refractivity contribution is 5.97. The molecule has 67 heavy (non-hydrogen) atoms. The molecule has 382 valence electrons. The van der Waals surface area contributed by atoms with E-state index in [2.05, 4.69) is 24.6 Å². The minimum Gasteiger partial charge on any atom is -0.458 e. The lowest BCUT2D eigenvalue weighted by Gasteiger charge is -2.48. The first-order valence-electron chi connectivity index (χ1n) is 24.1. The van der Waals surface area contributed by atoms with Gasteiger partial charge in [-0.25, -0.2) is 20.3 Å². The first-order chi connectivity index (χ1) is 31.2. The lowest BCUT2D eigenvalue weighted by atomic mass is 9.78. The monoisotopic (exact) mass is 954 g/mol. The Bertz CT molecular complexity index is 1800. The van der Waals surface area contributed by atoms with Gasteiger partial charge in [-0.15, -0.1) is 0 Å². The van der Waals surface area contributed by atoms with Gasteiger partial charge in [0.2, 0.25) is 17.6 Å². The summed E-state index contributed by atoms with van der Waals surface area (Å²) < 4.78 is 18.0. The number of carbonyl (C=O) groups excluding carboxylic acids is 7. The van der Waals surface area contributed by atoms with Crippen LogP contribution in [0.1, 0.15) is 133 Å². The summed E-state index contributed by atoms with van der Waals surface area (Å²) in [6.45, 7) is 15.9. The Morgan fingerprint density at radius 3 is 2.19 bits per heavy atom. The summed E-state index contributed by atoms with van der Waals surface area (Å²) in [6, 6.07) is -7.90. The second kappa shape index (κ2) is 22.6. The van der Waals surface area contributed by atoms with E-state index in [0.29, 0.717) is 38.0 Å². The van der Waals surface area contributed by atoms with E-state index in [0.717, 1.165) is 23.3 Å². The number of hydrogen-bond donors (Lipinski definition) is 6. The van der Waals surface area contributed by atoms with Gasteiger partial charge in [-0.1, -0.05) is 68.2 Å². The van der Waals surface area contributed by atoms with Crippen LogP contribution in [-0.2, 0) is 47.8 Å². The van der Waals surface area contributed by atoms with Gasteiger partial charge in [0.25, 0.3) is 23.6 Å². The third-order valence-corrected chi connectivity index (χ3v) is 14.3. The summed E-state index contributed by atoms with van der Waals surface area (Å²) >= 11 is 0. The second-order valence-corrected chi connectivity index (χ2v) is 20.4. The van der Waals surface area contributed by atoms with E-state index < -0.39 is 119 Å². The van der Waals surface area contributed by atoms with Crippen LogP contribution in [0.5, 0.6) is 0 Å². The van der Waals surface area contributed by atoms with E-state index in [-0.39, 0.29) is 54.8 Å². The van der Waals surface area contributed by atoms with E-state index in [4.69, 9.17) is 14.2 Å². The Kier molecular flexibility index (Phi) is 18.8. The molecule has 0 bridgehead atoms. The third kappa shape index (κ3) is 11.7. The summed E-state index contributed by atoms with van der Waals surface area (Å²) in [4.78, 5) is 104. The Balaban J connectivity index is 1.89. The van der Waals surface area contributed by atoms with Crippen molar-refractivity contribution in [2.45, 2.75) is 193 Å². The van der Waals surface area contributed by atoms with Gasteiger partial charge in [0.1, 0.15) is 36.8 Å². The summed E-state index contributed by atoms with van der Waals surface area (Å²) in [5.41, 5.74) is -1.23. The minimum absolute atomic E-state index is 0.0269. The van der Waals surface area contributed by atoms with Crippen molar-refractivity contribution in [3.05, 3.63) is 0 Å². The van der Waals surface area contributed by atoms with Crippen LogP contribution >= 0.6 is 0 Å². The molecule has 0 spiro atoms. The molecule has 4 aliphatic heterocycles. The Labute approximate surface area is 395 Å². The molecule has 0 aliphatic carbocycles. The molecule has 4 fully saturated rings. The van der Waals surface area contributed by atoms with Gasteiger partial charge in [0.15, 0.2) is 11.6 Å². The van der Waals surface area contributed by atoms with Crippen LogP contribution in [0.3, 0.4) is 0 Å². The fourth-order valence-corrected chi connectivity index (χ4v) is 9.99. The fourth-order valence-electron chi connectivity index (χ4n) is 9.99. The topological polar surface area (TPSA) is 268 Å². The van der Waals surface area contributed by atoms with Gasteiger partial charge in [0, 0.05) is 33.7 Å². The Morgan fingerprint density at radius 2 is 1.63 bits per heavy atom. The van der Waals surface area contributed by atoms with Crippen molar-refractivity contribution < 1.29 is 68.4 Å². The molecular formula is C46H79N7O14. The average Bonchev–Trinajstić information content (AvgIpc) is 3.63. The van der Waals surface area contributed by atoms with E-state index in [1.54, 1.807) is 20.8 Å². The number of hydrazine groups is 1. The van der Waals surface area contributed by atoms with Crippen molar-refractivity contribution in [3.63, 3.8) is 0 Å². The average molecular weight is 954 g/mol. The normalized spacial score (nSPS) is 33.4. The third-order valence-electron chi connectivity index (χ3n) is 14.3. The number of ether oxygens (including phenoxy) is 3. The number of hydroxylamine groups is 4. The van der Waals surface area contributed by atoms with Crippen molar-refractivity contribution in [1.29, 1.82) is 0 Å². The van der Waals surface area contributed by atoms with Gasteiger partial charge >= 0.3 is 5.97 Å². The SMILES string of the molecule is CCCCC1C(=O)N(O)CC(=O)N2NCCCC2C(=O)N2CCC(C)(OC)C2C(=O)N(O)C(C(C)C)C(=O)OC(C(C)C)C(NC(=O)C(C)(O)C2(O)CCC(CC(C)C)C(CC)O2)C(=O)N1C. The first kappa shape index (κ1) is 55.6. The molecule has 11 unspecified atom stereocenters. The molecule has 0 aromatic rings. The van der Waals surface area contributed by atoms with Crippen LogP contribution < -0.4 is 10.7 Å². The number of esters is 1. The number of rotatable bonds is 12. The molecule has 21 nitrogen and oxygen atoms in total. The highest BCUT2D eigenvalue weighted by Crippen LogP contribution is 2.42. The summed E-state index contributed by atoms with van der Waals surface area (Å²) in [5.74, 6) is -11.1. The molecule has 6 N–H and O–H groups in total. The first-order valence-corrected chi connectivity index (χ1v) is 24.1. The number of nitrogens with zero attached hydrogens (tertiary/aromatic N) is 5. The summed E-state index contributed by atoms with van der Waals surface area (Å²) in [5, 5.41) is 51.1. The predicted octanol–water partition coefficient (Wildman–Crippen LogP) is 1.72. The molecule has 4 aliphatic rings. The van der Waals surface area contributed by atoms with Gasteiger partial charge in [-0.2, -0.15) is 0 Å². The number of cyclic esters (lactones) is 1. The predicted molar refractivity (Wildman–Crippen MR) is 240 cm³/mol. The molecule has 0 aromatic heterocycles. The van der Waals surface area contributed by atoms with Gasteiger partial charge in [-0.05, 0) is 82.5 Å². The van der Waals surface area contributed by atoms with Crippen molar-refractivity contribution in [2.75, 3.05) is 33.8 Å². The van der Waals surface area contributed by atoms with E-state index in [1.807, 2.05) is 13.8 Å². The standard InChI is InChI=1S/C46H79N7O14/c1-13-15-17-30-39(56)51(63)25-33(54)52-31(18-16-22-47-52)38(55)50-23-21-44(9,65-12)37(50)41(58)53(64)35(27(5)6)42(59)66-36(28(7)8)34(40(57)49(30)11)48-43(60)45(10,61)46(62)20-19-29(24-26(3)4)32(14-2)67-46/h26-32,34-37,47,61-64H,13-25H2,1-12H3,(H,48,60). The number of carbonyl (C=O) groups is 7. The number of fused-ring (bicyclic) bond motifs is 2. The molecule has 6 amide bonds. The number of aliphatic hydroxyl groups is 2. The molecule has 4 saturated heterocycles. The fraction of sp³-hybridized carbons (Fsp3) is 0.848. The molecule has 4 rings (SSSR count). The number of unbranched alkanes of at least 4 members (excludes halogenated alkanes) is 1. The zero-order valence-corrected chi connectivity index (χ0v) is 41.7. The Hall–Kier alpha value is -3.99. The zero-order valence-electron chi connectivity index (χ0n) is 41.7. The van der Waals surface area contributed by atoms with Crippen molar-refractivity contribution in [1.82, 2.24) is 35.7 Å². The number of hydrogen-bond acceptors (Lipinski definition) is 15.